The van der Waals surface area contributed by atoms with Gasteiger partial charge in [0.15, 0.2) is 0 Å². The highest BCUT2D eigenvalue weighted by atomic mass is 16.3. The molecule has 3 N–H and O–H groups in total. The summed E-state index contributed by atoms with van der Waals surface area (Å²) in [5.41, 5.74) is -1.55. The molecule has 0 aromatic heterocycles. The van der Waals surface area contributed by atoms with Crippen molar-refractivity contribution >= 4 is 17.8 Å². The number of carbonyl (C=O) groups is 3. The number of nitrogens with one attached hydrogen (secondary N) is 2. The van der Waals surface area contributed by atoms with Crippen LogP contribution in [0.2, 0.25) is 0 Å². The molecule has 12 heavy (non-hydrogen) atoms. The van der Waals surface area contributed by atoms with Crippen LogP contribution in [0.25, 0.3) is 0 Å². The summed E-state index contributed by atoms with van der Waals surface area (Å²) in [5.74, 6) is -1.56. The molecule has 1 heterocycles. The Balaban J connectivity index is 2.95. The van der Waals surface area contributed by atoms with Crippen molar-refractivity contribution in [2.24, 2.45) is 5.41 Å². The number of amides is 4. The van der Waals surface area contributed by atoms with Crippen LogP contribution in [0.5, 0.6) is 0 Å². The van der Waals surface area contributed by atoms with Gasteiger partial charge in [-0.15, -0.1) is 0 Å². The fraction of sp³-hybridized carbons (Fsp3) is 0.500. The molecular formula is C6H8N2O4. The molecule has 1 saturated heterocycles. The molecule has 0 saturated carbocycles. The average Bonchev–Trinajstić information content (AvgIpc) is 2.00. The standard InChI is InChI=1S/C6H8N2O4/c1-6(2-9)3(10)7-5(12)8-4(6)11/h9H,2H2,1H3,(H2,7,8,10,11,12). The highest BCUT2D eigenvalue weighted by molar-refractivity contribution is 6.18. The lowest BCUT2D eigenvalue weighted by molar-refractivity contribution is -0.145. The van der Waals surface area contributed by atoms with Crippen LogP contribution in [0.4, 0.5) is 4.79 Å². The van der Waals surface area contributed by atoms with Gasteiger partial charge in [0, 0.05) is 0 Å². The smallest absolute Gasteiger partial charge is 0.328 e. The minimum absolute atomic E-state index is 0.627. The van der Waals surface area contributed by atoms with Gasteiger partial charge in [-0.25, -0.2) is 4.79 Å². The Morgan fingerprint density at radius 1 is 1.25 bits per heavy atom. The molecule has 0 atom stereocenters. The minimum atomic E-state index is -1.55. The topological polar surface area (TPSA) is 95.5 Å². The molecule has 0 aromatic carbocycles. The summed E-state index contributed by atoms with van der Waals surface area (Å²) in [6, 6.07) is -0.851. The number of imide groups is 2. The number of barbiturate groups is 1. The lowest BCUT2D eigenvalue weighted by Gasteiger charge is -2.27. The summed E-state index contributed by atoms with van der Waals surface area (Å²) in [6.07, 6.45) is 0. The Kier molecular flexibility index (Phi) is 1.85. The lowest BCUT2D eigenvalue weighted by atomic mass is 9.88. The van der Waals surface area contributed by atoms with Gasteiger partial charge < -0.3 is 5.11 Å². The Hall–Kier alpha value is -1.43. The van der Waals surface area contributed by atoms with Crippen molar-refractivity contribution in [3.8, 4) is 0 Å². The van der Waals surface area contributed by atoms with E-state index in [1.165, 1.54) is 6.92 Å². The maximum atomic E-state index is 11.0. The van der Waals surface area contributed by atoms with Gasteiger partial charge in [-0.1, -0.05) is 0 Å². The average molecular weight is 172 g/mol. The van der Waals surface area contributed by atoms with Gasteiger partial charge in [0.25, 0.3) is 0 Å². The third-order valence-corrected chi connectivity index (χ3v) is 1.77. The van der Waals surface area contributed by atoms with E-state index in [1.807, 2.05) is 10.6 Å². The first-order chi connectivity index (χ1) is 5.50. The normalized spacial score (nSPS) is 21.7. The van der Waals surface area contributed by atoms with Crippen molar-refractivity contribution in [1.29, 1.82) is 0 Å². The number of carbonyl (C=O) groups excluding carboxylic acids is 3. The van der Waals surface area contributed by atoms with Crippen LogP contribution in [0, 0.1) is 5.41 Å². The van der Waals surface area contributed by atoms with E-state index in [9.17, 15) is 14.4 Å². The maximum absolute atomic E-state index is 11.0. The highest BCUT2D eigenvalue weighted by Crippen LogP contribution is 2.17. The van der Waals surface area contributed by atoms with Gasteiger partial charge >= 0.3 is 6.03 Å². The molecule has 6 heteroatoms. The van der Waals surface area contributed by atoms with Crippen molar-refractivity contribution in [3.63, 3.8) is 0 Å². The molecule has 1 aliphatic rings. The monoisotopic (exact) mass is 172 g/mol. The van der Waals surface area contributed by atoms with Crippen LogP contribution < -0.4 is 10.6 Å². The molecule has 4 amide bonds. The van der Waals surface area contributed by atoms with E-state index >= 15 is 0 Å². The summed E-state index contributed by atoms with van der Waals surface area (Å²) < 4.78 is 0. The van der Waals surface area contributed by atoms with E-state index in [-0.39, 0.29) is 0 Å². The molecule has 0 spiro atoms. The maximum Gasteiger partial charge on any atom is 0.328 e. The molecule has 0 aromatic rings. The van der Waals surface area contributed by atoms with Crippen LogP contribution in [-0.4, -0.2) is 29.6 Å². The van der Waals surface area contributed by atoms with Crippen LogP contribution in [0.15, 0.2) is 0 Å². The number of aliphatic hydroxyl groups is 1. The molecule has 66 valence electrons. The zero-order chi connectivity index (χ0) is 9.35. The number of hydrogen-bond donors (Lipinski definition) is 3. The second-order valence-electron chi connectivity index (χ2n) is 2.73. The number of aliphatic hydroxyl groups excluding tert-OH is 1. The van der Waals surface area contributed by atoms with E-state index < -0.39 is 29.9 Å². The van der Waals surface area contributed by atoms with Crippen molar-refractivity contribution in [3.05, 3.63) is 0 Å². The van der Waals surface area contributed by atoms with Crippen LogP contribution >= 0.6 is 0 Å². The number of urea groups is 1. The second-order valence-corrected chi connectivity index (χ2v) is 2.73. The van der Waals surface area contributed by atoms with E-state index in [0.717, 1.165) is 0 Å². The molecule has 1 aliphatic heterocycles. The fourth-order valence-corrected chi connectivity index (χ4v) is 0.760. The second kappa shape index (κ2) is 2.56. The third kappa shape index (κ3) is 1.06. The van der Waals surface area contributed by atoms with Crippen molar-refractivity contribution in [1.82, 2.24) is 10.6 Å². The molecule has 0 unspecified atom stereocenters. The predicted octanol–water partition coefficient (Wildman–Crippen LogP) is -1.65. The largest absolute Gasteiger partial charge is 0.395 e. The molecule has 1 rings (SSSR count). The first-order valence-electron chi connectivity index (χ1n) is 3.28. The summed E-state index contributed by atoms with van der Waals surface area (Å²) >= 11 is 0. The van der Waals surface area contributed by atoms with Gasteiger partial charge in [0.1, 0.15) is 5.41 Å². The summed E-state index contributed by atoms with van der Waals surface area (Å²) in [4.78, 5) is 32.6. The highest BCUT2D eigenvalue weighted by Gasteiger charge is 2.45. The third-order valence-electron chi connectivity index (χ3n) is 1.77. The Labute approximate surface area is 67.9 Å². The zero-order valence-electron chi connectivity index (χ0n) is 6.38. The zero-order valence-corrected chi connectivity index (χ0v) is 6.38. The van der Waals surface area contributed by atoms with E-state index in [0.29, 0.717) is 0 Å². The van der Waals surface area contributed by atoms with Crippen molar-refractivity contribution in [2.75, 3.05) is 6.61 Å². The Morgan fingerprint density at radius 3 is 2.00 bits per heavy atom. The predicted molar refractivity (Wildman–Crippen MR) is 36.9 cm³/mol. The van der Waals surface area contributed by atoms with Crippen molar-refractivity contribution in [2.45, 2.75) is 6.92 Å². The molecule has 0 bridgehead atoms. The van der Waals surface area contributed by atoms with Crippen molar-refractivity contribution < 1.29 is 19.5 Å². The van der Waals surface area contributed by atoms with Crippen LogP contribution in [0.3, 0.4) is 0 Å². The van der Waals surface area contributed by atoms with Gasteiger partial charge in [0.05, 0.1) is 6.61 Å². The number of hydrogen-bond acceptors (Lipinski definition) is 4. The van der Waals surface area contributed by atoms with E-state index in [4.69, 9.17) is 5.11 Å². The summed E-state index contributed by atoms with van der Waals surface area (Å²) in [6.45, 7) is 0.627. The first-order valence-corrected chi connectivity index (χ1v) is 3.28. The first kappa shape index (κ1) is 8.66. The molecule has 1 fully saturated rings. The van der Waals surface area contributed by atoms with Gasteiger partial charge in [0.2, 0.25) is 11.8 Å². The quantitative estimate of drug-likeness (QED) is 0.413. The fourth-order valence-electron chi connectivity index (χ4n) is 0.760. The molecule has 0 radical (unpaired) electrons. The molecule has 6 nitrogen and oxygen atoms in total. The van der Waals surface area contributed by atoms with E-state index in [1.54, 1.807) is 0 Å². The van der Waals surface area contributed by atoms with Gasteiger partial charge in [-0.05, 0) is 6.92 Å². The van der Waals surface area contributed by atoms with E-state index in [2.05, 4.69) is 0 Å². The summed E-state index contributed by atoms with van der Waals surface area (Å²) in [7, 11) is 0. The lowest BCUT2D eigenvalue weighted by Crippen LogP contribution is -2.62. The number of rotatable bonds is 1. The molecular weight excluding hydrogens is 164 g/mol. The molecule has 0 aliphatic carbocycles. The van der Waals surface area contributed by atoms with Gasteiger partial charge in [-0.2, -0.15) is 0 Å². The minimum Gasteiger partial charge on any atom is -0.395 e. The van der Waals surface area contributed by atoms with Crippen LogP contribution in [-0.2, 0) is 9.59 Å². The Morgan fingerprint density at radius 2 is 1.67 bits per heavy atom. The summed E-state index contributed by atoms with van der Waals surface area (Å²) in [5, 5.41) is 12.5. The van der Waals surface area contributed by atoms with Crippen LogP contribution in [0.1, 0.15) is 6.92 Å². The SMILES string of the molecule is CC1(CO)C(=O)NC(=O)NC1=O. The van der Waals surface area contributed by atoms with Gasteiger partial charge in [-0.3, -0.25) is 20.2 Å². The Bertz CT molecular complexity index is 240.